The van der Waals surface area contributed by atoms with Crippen LogP contribution in [0.5, 0.6) is 5.75 Å². The molecule has 464 valence electrons. The number of carbonyl (C=O) groups is 7. The highest BCUT2D eigenvalue weighted by Gasteiger charge is 2.48. The van der Waals surface area contributed by atoms with E-state index in [9.17, 15) is 39.0 Å². The zero-order chi connectivity index (χ0) is 63.6. The number of aromatic amines is 1. The molecule has 0 unspecified atom stereocenters. The van der Waals surface area contributed by atoms with Crippen LogP contribution in [0.2, 0.25) is 0 Å². The first kappa shape index (κ1) is 61.7. The highest BCUT2D eigenvalue weighted by atomic mass is 32.1. The number of nitrogens with two attached hydrogens (primary N) is 2. The number of rotatable bonds is 12. The van der Waals surface area contributed by atoms with E-state index in [1.54, 1.807) is 78.5 Å². The minimum Gasteiger partial charge on any atom is -0.508 e. The van der Waals surface area contributed by atoms with Crippen molar-refractivity contribution in [2.24, 2.45) is 17.4 Å². The standard InChI is InChI=1S/C59H52N16O10S6/c1-26-41(85-59(84)63-15-14-30-18-62-25-64-30)19-75-46(26)57-72-40(24-90-57)54-68-36(20-87-54)44-32(12-13-33(65-44)53-69-37(21-88-53)48(61)79)52-70-38(22-86-52)49(80)66-34(17-42(60)77)55-74-43(27(2)91-55)51(82)73-45(47(78)29-6-4-3-5-7-29)56-71-39(23-89-56)50(81)67-35(58(75)83)16-28-8-10-31(76)11-9-28/h3-13,18,20-26,34-35,41,45-47,76,78H,14-17,19H2,1-2H3,(H2,60,77)(H2,61,79)(H,62,64)(H,63,84)(H,66,80)(H,67,81)(H,73,82)/t26-,34-,35-,41-,45-,46-,47+/m0/s1. The number of primary amides is 2. The van der Waals surface area contributed by atoms with Gasteiger partial charge in [-0.3, -0.25) is 28.8 Å². The van der Waals surface area contributed by atoms with Crippen molar-refractivity contribution in [1.82, 2.24) is 71.0 Å². The normalized spacial score (nSPS) is 19.0. The monoisotopic (exact) mass is 1340 g/mol. The SMILES string of the molecule is Cc1sc2nc1C(=O)N[C@@H]([C@H](O)c1ccccc1)c1nc(cs1)C(=O)N[C@@H](Cc1ccc(O)cc1)C(=O)N1C[C@H](OC(=O)NCCc3cnc[nH]3)[C@H](C)[C@H]1c1nc(cs1)-c1nc(cs1)-c1nc(-c3nc(C(N)=O)cs3)ccc1-c1nc(cs1)C(=O)N[C@H]2CC(N)=O. The lowest BCUT2D eigenvalue weighted by Crippen LogP contribution is -2.50. The van der Waals surface area contributed by atoms with Crippen LogP contribution in [-0.2, 0) is 27.2 Å². The average Bonchev–Trinajstić information content (AvgIpc) is 1.67. The number of amides is 7. The summed E-state index contributed by atoms with van der Waals surface area (Å²) in [7, 11) is 0. The third kappa shape index (κ3) is 13.5. The number of aromatic hydroxyl groups is 1. The van der Waals surface area contributed by atoms with Crippen molar-refractivity contribution in [3.63, 3.8) is 0 Å². The second-order valence-corrected chi connectivity index (χ2v) is 26.6. The van der Waals surface area contributed by atoms with Crippen LogP contribution in [0.1, 0.15) is 116 Å². The molecule has 0 radical (unpaired) electrons. The Bertz CT molecular complexity index is 4370. The highest BCUT2D eigenvalue weighted by molar-refractivity contribution is 7.15. The summed E-state index contributed by atoms with van der Waals surface area (Å²) in [4.78, 5) is 140. The van der Waals surface area contributed by atoms with Gasteiger partial charge in [-0.2, -0.15) is 0 Å². The minimum atomic E-state index is -1.44. The molecule has 7 amide bonds. The Balaban J connectivity index is 0.960. The lowest BCUT2D eigenvalue weighted by Gasteiger charge is -2.29. The third-order valence-corrected chi connectivity index (χ3v) is 20.4. The van der Waals surface area contributed by atoms with Gasteiger partial charge in [0.25, 0.3) is 23.6 Å². The fourth-order valence-corrected chi connectivity index (χ4v) is 15.7. The number of alkyl carbamates (subject to hydrolysis) is 1. The number of nitrogens with zero attached hydrogens (tertiary/aromatic N) is 9. The summed E-state index contributed by atoms with van der Waals surface area (Å²) in [5, 5.41) is 43.7. The molecule has 91 heavy (non-hydrogen) atoms. The summed E-state index contributed by atoms with van der Waals surface area (Å²) >= 11 is 6.80. The first-order valence-corrected chi connectivity index (χ1v) is 33.1. The van der Waals surface area contributed by atoms with Crippen molar-refractivity contribution >= 4 is 110 Å². The van der Waals surface area contributed by atoms with Crippen LogP contribution >= 0.6 is 68.0 Å². The number of phenolic OH excluding ortho intramolecular Hbond substituents is 1. The van der Waals surface area contributed by atoms with Crippen LogP contribution < -0.4 is 32.7 Å². The number of ether oxygens (including phenoxy) is 1. The lowest BCUT2D eigenvalue weighted by atomic mass is 10.00. The van der Waals surface area contributed by atoms with Crippen LogP contribution in [0.15, 0.2) is 106 Å². The van der Waals surface area contributed by atoms with E-state index in [2.05, 4.69) is 46.2 Å². The highest BCUT2D eigenvalue weighted by Crippen LogP contribution is 2.44. The maximum absolute atomic E-state index is 15.6. The average molecular weight is 1340 g/mol. The van der Waals surface area contributed by atoms with E-state index in [4.69, 9.17) is 36.1 Å². The number of H-pyrrole nitrogens is 1. The Morgan fingerprint density at radius 3 is 2.14 bits per heavy atom. The largest absolute Gasteiger partial charge is 0.508 e. The number of aliphatic hydroxyl groups is 1. The van der Waals surface area contributed by atoms with Gasteiger partial charge in [-0.15, -0.1) is 68.0 Å². The Labute approximate surface area is 540 Å². The molecule has 10 bridgehead atoms. The van der Waals surface area contributed by atoms with Gasteiger partial charge in [0.1, 0.15) is 99.9 Å². The molecule has 7 atom stereocenters. The van der Waals surface area contributed by atoms with Crippen LogP contribution in [0.4, 0.5) is 4.79 Å². The van der Waals surface area contributed by atoms with Gasteiger partial charge >= 0.3 is 6.09 Å². The van der Waals surface area contributed by atoms with Gasteiger partial charge in [-0.05, 0) is 42.3 Å². The number of nitrogens with one attached hydrogen (secondary N) is 5. The van der Waals surface area contributed by atoms with Gasteiger partial charge < -0.3 is 57.6 Å². The predicted molar refractivity (Wildman–Crippen MR) is 339 cm³/mol. The van der Waals surface area contributed by atoms with Crippen molar-refractivity contribution < 1.29 is 48.5 Å². The summed E-state index contributed by atoms with van der Waals surface area (Å²) in [6, 6.07) is 13.5. The molecule has 10 heterocycles. The molecule has 12 rings (SSSR count). The fourth-order valence-electron chi connectivity index (χ4n) is 10.3. The molecule has 1 fully saturated rings. The van der Waals surface area contributed by atoms with Crippen molar-refractivity contribution in [3.05, 3.63) is 166 Å². The molecule has 0 aliphatic carbocycles. The summed E-state index contributed by atoms with van der Waals surface area (Å²) < 4.78 is 6.10. The van der Waals surface area contributed by atoms with Gasteiger partial charge in [0.15, 0.2) is 0 Å². The second-order valence-electron chi connectivity index (χ2n) is 21.1. The number of aliphatic hydroxyl groups excluding tert-OH is 1. The molecule has 8 aromatic heterocycles. The summed E-state index contributed by atoms with van der Waals surface area (Å²) in [5.41, 5.74) is 14.8. The van der Waals surface area contributed by atoms with E-state index in [0.717, 1.165) is 51.0 Å². The molecule has 11 N–H and O–H groups in total. The molecule has 2 aliphatic rings. The van der Waals surface area contributed by atoms with Crippen molar-refractivity contribution in [2.75, 3.05) is 13.1 Å². The third-order valence-electron chi connectivity index (χ3n) is 14.9. The Morgan fingerprint density at radius 1 is 0.714 bits per heavy atom. The van der Waals surface area contributed by atoms with Crippen LogP contribution in [-0.4, -0.2) is 127 Å². The topological polar surface area (TPSA) is 391 Å². The maximum atomic E-state index is 15.6. The summed E-state index contributed by atoms with van der Waals surface area (Å²) in [5.74, 6) is -4.92. The van der Waals surface area contributed by atoms with E-state index in [0.29, 0.717) is 70.8 Å². The number of carbonyl (C=O) groups excluding carboxylic acids is 7. The van der Waals surface area contributed by atoms with E-state index in [1.165, 1.54) is 62.2 Å². The zero-order valence-corrected chi connectivity index (χ0v) is 52.7. The van der Waals surface area contributed by atoms with Crippen LogP contribution in [0.3, 0.4) is 0 Å². The quantitative estimate of drug-likeness (QED) is 0.0589. The number of thiazole rings is 6. The zero-order valence-electron chi connectivity index (χ0n) is 47.8. The Hall–Kier alpha value is -9.57. The van der Waals surface area contributed by atoms with E-state index < -0.39 is 90.3 Å². The predicted octanol–water partition coefficient (Wildman–Crippen LogP) is 7.09. The molecule has 2 aromatic carbocycles. The minimum absolute atomic E-state index is 0.0249. The first-order chi connectivity index (χ1) is 43.9. The number of imidazole rings is 1. The van der Waals surface area contributed by atoms with Crippen LogP contribution in [0, 0.1) is 12.8 Å². The Morgan fingerprint density at radius 2 is 1.40 bits per heavy atom. The van der Waals surface area contributed by atoms with Crippen molar-refractivity contribution in [3.8, 4) is 49.1 Å². The van der Waals surface area contributed by atoms with Gasteiger partial charge in [0.05, 0.1) is 37.1 Å². The van der Waals surface area contributed by atoms with Crippen molar-refractivity contribution in [1.29, 1.82) is 0 Å². The molecule has 1 saturated heterocycles. The van der Waals surface area contributed by atoms with Gasteiger partial charge in [-0.1, -0.05) is 49.4 Å². The number of aromatic nitrogens is 9. The molecule has 26 nitrogen and oxygen atoms in total. The van der Waals surface area contributed by atoms with Gasteiger partial charge in [0.2, 0.25) is 11.8 Å². The van der Waals surface area contributed by atoms with E-state index in [-0.39, 0.29) is 58.1 Å². The first-order valence-electron chi connectivity index (χ1n) is 27.9. The smallest absolute Gasteiger partial charge is 0.407 e. The number of fused-ring (bicyclic) bond motifs is 16. The second kappa shape index (κ2) is 26.5. The number of benzene rings is 2. The van der Waals surface area contributed by atoms with Gasteiger partial charge in [-0.25, -0.2) is 44.7 Å². The number of hydrogen-bond donors (Lipinski definition) is 9. The molecule has 2 aliphatic heterocycles. The lowest BCUT2D eigenvalue weighted by molar-refractivity contribution is -0.134. The molecule has 0 spiro atoms. The number of hydrogen-bond acceptors (Lipinski definition) is 24. The molecule has 32 heteroatoms. The number of aryl methyl sites for hydroxylation is 1. The van der Waals surface area contributed by atoms with Crippen molar-refractivity contribution in [2.45, 2.75) is 69.5 Å². The summed E-state index contributed by atoms with van der Waals surface area (Å²) in [6.45, 7) is 3.57. The number of pyridine rings is 1. The number of phenols is 1. The molecule has 10 aromatic rings. The van der Waals surface area contributed by atoms with E-state index >= 15 is 4.79 Å². The van der Waals surface area contributed by atoms with Gasteiger partial charge in [0, 0.05) is 74.5 Å². The molecular weight excluding hydrogens is 1290 g/mol. The summed E-state index contributed by atoms with van der Waals surface area (Å²) in [6.07, 6.45) is 0.0929. The maximum Gasteiger partial charge on any atom is 0.407 e. The van der Waals surface area contributed by atoms with E-state index in [1.807, 2.05) is 6.92 Å². The Kier molecular flexibility index (Phi) is 17.9. The van der Waals surface area contributed by atoms with Crippen LogP contribution in [0.25, 0.3) is 43.4 Å². The fraction of sp³-hybridized carbons (Fsp3) is 0.237. The molecule has 0 saturated carbocycles. The molecular formula is C59H52N16O10S6.